The lowest BCUT2D eigenvalue weighted by atomic mass is 9.83. The molecule has 4 heterocycles. The second-order valence-corrected chi connectivity index (χ2v) is 12.1. The summed E-state index contributed by atoms with van der Waals surface area (Å²) in [6.07, 6.45) is -1.66. The zero-order valence-electron chi connectivity index (χ0n) is 26.8. The molecule has 5 rings (SSSR count). The number of aryl methyl sites for hydroxylation is 1. The fourth-order valence-corrected chi connectivity index (χ4v) is 6.13. The summed E-state index contributed by atoms with van der Waals surface area (Å²) in [6.45, 7) is 4.30. The van der Waals surface area contributed by atoms with Crippen LogP contribution >= 0.6 is 0 Å². The molecule has 0 aromatic carbocycles. The number of imidazole rings is 1. The number of fused-ring (bicyclic) bond motifs is 1. The Labute approximate surface area is 265 Å². The van der Waals surface area contributed by atoms with Crippen LogP contribution in [0.2, 0.25) is 0 Å². The molecule has 0 radical (unpaired) electrons. The average molecular weight is 656 g/mol. The van der Waals surface area contributed by atoms with E-state index in [1.807, 2.05) is 13.0 Å². The molecule has 2 unspecified atom stereocenters. The summed E-state index contributed by atoms with van der Waals surface area (Å²) in [7, 11) is 4.65. The Morgan fingerprint density at radius 2 is 1.83 bits per heavy atom. The van der Waals surface area contributed by atoms with Gasteiger partial charge in [0.15, 0.2) is 11.9 Å². The van der Waals surface area contributed by atoms with Crippen LogP contribution in [0.25, 0.3) is 11.2 Å². The van der Waals surface area contributed by atoms with Crippen LogP contribution in [0.3, 0.4) is 0 Å². The lowest BCUT2D eigenvalue weighted by Gasteiger charge is -2.49. The van der Waals surface area contributed by atoms with E-state index in [9.17, 15) is 24.9 Å². The summed E-state index contributed by atoms with van der Waals surface area (Å²) in [5, 5.41) is 38.8. The molecular formula is C28H49N9O9. The van der Waals surface area contributed by atoms with Gasteiger partial charge in [-0.05, 0) is 39.4 Å². The third kappa shape index (κ3) is 7.37. The summed E-state index contributed by atoms with van der Waals surface area (Å²) in [5.74, 6) is 0.572. The highest BCUT2D eigenvalue weighted by atomic mass is 16.7. The van der Waals surface area contributed by atoms with Crippen molar-refractivity contribution in [3.8, 4) is 0 Å². The number of aliphatic hydroxyl groups excluding tert-OH is 2. The largest absolute Gasteiger partial charge is 0.467 e. The van der Waals surface area contributed by atoms with Crippen molar-refractivity contribution in [3.63, 3.8) is 0 Å². The Bertz CT molecular complexity index is 1460. The Morgan fingerprint density at radius 1 is 1.13 bits per heavy atom. The highest BCUT2D eigenvalue weighted by molar-refractivity contribution is 5.68. The number of ether oxygens (including phenoxy) is 4. The summed E-state index contributed by atoms with van der Waals surface area (Å²) < 4.78 is 25.9. The van der Waals surface area contributed by atoms with Gasteiger partial charge in [-0.25, -0.2) is 9.78 Å². The van der Waals surface area contributed by atoms with Crippen LogP contribution in [0.1, 0.15) is 26.7 Å². The molecule has 2 fully saturated rings. The maximum atomic E-state index is 11.4. The minimum absolute atomic E-state index is 0.0483. The second-order valence-electron chi connectivity index (χ2n) is 12.1. The third-order valence-corrected chi connectivity index (χ3v) is 8.67. The highest BCUT2D eigenvalue weighted by Crippen LogP contribution is 2.31. The molecule has 0 spiro atoms. The number of nitrogens with one attached hydrogen (secondary N) is 3. The maximum absolute atomic E-state index is 11.4. The predicted octanol–water partition coefficient (Wildman–Crippen LogP) is -4.24. The average Bonchev–Trinajstić information content (AvgIpc) is 3.52. The molecule has 2 aromatic rings. The molecule has 12 N–H and O–H groups in total. The van der Waals surface area contributed by atoms with E-state index in [-0.39, 0.29) is 30.4 Å². The number of rotatable bonds is 8. The Balaban J connectivity index is 0.000000305. The van der Waals surface area contributed by atoms with E-state index < -0.39 is 60.7 Å². The zero-order valence-corrected chi connectivity index (χ0v) is 26.8. The van der Waals surface area contributed by atoms with Gasteiger partial charge < -0.3 is 67.1 Å². The number of likely N-dealkylation sites (N-methyl/N-ethyl adjacent to an activating group) is 2. The van der Waals surface area contributed by atoms with Gasteiger partial charge in [0.25, 0.3) is 5.56 Å². The molecule has 2 aromatic heterocycles. The number of aromatic nitrogens is 4. The molecule has 18 heteroatoms. The van der Waals surface area contributed by atoms with Crippen molar-refractivity contribution in [3.05, 3.63) is 39.0 Å². The number of hydrogen-bond acceptors (Lipinski definition) is 15. The maximum Gasteiger partial charge on any atom is 0.332 e. The van der Waals surface area contributed by atoms with Crippen molar-refractivity contribution in [1.82, 2.24) is 29.7 Å². The normalized spacial score (nSPS) is 36.5. The molecule has 0 bridgehead atoms. The predicted molar refractivity (Wildman–Crippen MR) is 166 cm³/mol. The third-order valence-electron chi connectivity index (χ3n) is 8.67. The summed E-state index contributed by atoms with van der Waals surface area (Å²) in [4.78, 5) is 29.4. The van der Waals surface area contributed by atoms with E-state index in [1.165, 1.54) is 17.9 Å². The Hall–Kier alpha value is -2.75. The van der Waals surface area contributed by atoms with Gasteiger partial charge in [0.05, 0.1) is 31.6 Å². The Kier molecular flexibility index (Phi) is 11.8. The number of aliphatic hydroxyl groups is 3. The van der Waals surface area contributed by atoms with Gasteiger partial charge in [-0.1, -0.05) is 6.92 Å². The zero-order chi connectivity index (χ0) is 33.9. The molecule has 1 saturated heterocycles. The highest BCUT2D eigenvalue weighted by Gasteiger charge is 2.51. The van der Waals surface area contributed by atoms with E-state index in [1.54, 1.807) is 21.0 Å². The van der Waals surface area contributed by atoms with Crippen molar-refractivity contribution >= 4 is 11.2 Å². The first-order valence-electron chi connectivity index (χ1n) is 15.3. The lowest BCUT2D eigenvalue weighted by molar-refractivity contribution is -0.304. The standard InChI is InChI=1S/C21H41N5O7.C7H8N4O2/c1-4-26-13-7-12(24)16(32-19-11(23)6-5-10(8-22)31-19)14(27)17(13)33-20-15(28)18(25-3)21(2,29)9-30-20;1-10-5-4(8-3-9-5)6(12)11(2)7(10)13/h5,11-20,25-29H,4,6-9,22-24H2,1-3H3;3H,1-2H3,(H,8,9)/t11?,12-,13+,14-,15+,16+,17-,18+,19?,20+,21-;/m0./s1. The number of hydrogen-bond donors (Lipinski definition) is 9. The van der Waals surface area contributed by atoms with Crippen LogP contribution in [0.5, 0.6) is 0 Å². The molecular weight excluding hydrogens is 606 g/mol. The van der Waals surface area contributed by atoms with Gasteiger partial charge in [-0.15, -0.1) is 0 Å². The molecule has 3 aliphatic rings. The molecule has 0 amide bonds. The summed E-state index contributed by atoms with van der Waals surface area (Å²) in [6, 6.07) is -1.95. The number of H-pyrrole nitrogens is 1. The van der Waals surface area contributed by atoms with E-state index in [2.05, 4.69) is 20.6 Å². The van der Waals surface area contributed by atoms with Gasteiger partial charge >= 0.3 is 5.69 Å². The number of nitrogens with zero attached hydrogens (tertiary/aromatic N) is 3. The van der Waals surface area contributed by atoms with E-state index in [0.29, 0.717) is 36.3 Å². The van der Waals surface area contributed by atoms with Crippen molar-refractivity contribution < 1.29 is 34.3 Å². The first-order chi connectivity index (χ1) is 21.7. The number of nitrogens with two attached hydrogens (primary N) is 3. The quantitative estimate of drug-likeness (QED) is 0.130. The van der Waals surface area contributed by atoms with Crippen LogP contribution < -0.4 is 39.1 Å². The topological polar surface area (TPSA) is 272 Å². The fraction of sp³-hybridized carbons (Fsp3) is 0.750. The molecule has 260 valence electrons. The summed E-state index contributed by atoms with van der Waals surface area (Å²) in [5.41, 5.74) is 16.9. The fourth-order valence-electron chi connectivity index (χ4n) is 6.13. The first-order valence-corrected chi connectivity index (χ1v) is 15.3. The van der Waals surface area contributed by atoms with Gasteiger partial charge in [-0.2, -0.15) is 0 Å². The van der Waals surface area contributed by atoms with Crippen LogP contribution in [0, 0.1) is 0 Å². The van der Waals surface area contributed by atoms with Crippen LogP contribution in [-0.4, -0.2) is 128 Å². The van der Waals surface area contributed by atoms with Crippen LogP contribution in [0.4, 0.5) is 0 Å². The minimum Gasteiger partial charge on any atom is -0.467 e. The van der Waals surface area contributed by atoms with Crippen molar-refractivity contribution in [2.75, 3.05) is 26.7 Å². The van der Waals surface area contributed by atoms with Crippen molar-refractivity contribution in [2.24, 2.45) is 31.3 Å². The SMILES string of the molecule is CCN[C@@H]1C[C@H](N)[C@@H](OC2OC(CN)=CCC2N)[C@H](O)[C@H]1O[C@H]1OC[C@](C)(O)[C@H](NC)[C@H]1O.Cn1c(=O)c2[nH]cnc2n(C)c1=O. The van der Waals surface area contributed by atoms with Crippen LogP contribution in [-0.2, 0) is 33.0 Å². The van der Waals surface area contributed by atoms with Crippen molar-refractivity contribution in [2.45, 2.75) is 93.5 Å². The molecule has 11 atom stereocenters. The van der Waals surface area contributed by atoms with E-state index >= 15 is 0 Å². The monoisotopic (exact) mass is 655 g/mol. The van der Waals surface area contributed by atoms with Crippen LogP contribution in [0.15, 0.2) is 27.8 Å². The lowest BCUT2D eigenvalue weighted by Crippen LogP contribution is -2.69. The minimum atomic E-state index is -1.28. The van der Waals surface area contributed by atoms with E-state index in [0.717, 1.165) is 4.57 Å². The molecule has 1 saturated carbocycles. The van der Waals surface area contributed by atoms with Gasteiger partial charge in [0.2, 0.25) is 6.29 Å². The molecule has 46 heavy (non-hydrogen) atoms. The molecule has 18 nitrogen and oxygen atoms in total. The molecule has 1 aliphatic carbocycles. The van der Waals surface area contributed by atoms with E-state index in [4.69, 9.17) is 36.1 Å². The van der Waals surface area contributed by atoms with Gasteiger partial charge in [0, 0.05) is 26.2 Å². The smallest absolute Gasteiger partial charge is 0.332 e. The Morgan fingerprint density at radius 3 is 2.48 bits per heavy atom. The number of aromatic amines is 1. The molecule has 2 aliphatic heterocycles. The summed E-state index contributed by atoms with van der Waals surface area (Å²) >= 11 is 0. The van der Waals surface area contributed by atoms with Crippen molar-refractivity contribution in [1.29, 1.82) is 0 Å². The first kappa shape index (κ1) is 36.1. The van der Waals surface area contributed by atoms with Gasteiger partial charge in [-0.3, -0.25) is 13.9 Å². The second kappa shape index (κ2) is 15.0. The van der Waals surface area contributed by atoms with Gasteiger partial charge in [0.1, 0.15) is 41.3 Å².